The van der Waals surface area contributed by atoms with E-state index in [0.29, 0.717) is 19.4 Å². The molecule has 4 N–H and O–H groups in total. The zero-order valence-electron chi connectivity index (χ0n) is 14.0. The lowest BCUT2D eigenvalue weighted by molar-refractivity contribution is -0.147. The number of hydrogen-bond donors (Lipinski definition) is 4. The van der Waals surface area contributed by atoms with Crippen LogP contribution in [-0.4, -0.2) is 60.1 Å². The Morgan fingerprint density at radius 1 is 1.29 bits per heavy atom. The molecule has 0 aromatic rings. The minimum atomic E-state index is -1.25. The zero-order valence-corrected chi connectivity index (χ0v) is 14.0. The van der Waals surface area contributed by atoms with E-state index in [1.54, 1.807) is 0 Å². The monoisotopic (exact) mass is 343 g/mol. The van der Waals surface area contributed by atoms with E-state index in [9.17, 15) is 19.2 Å². The molecular weight excluding hydrogens is 318 g/mol. The number of esters is 1. The number of hydrogen-bond acceptors (Lipinski definition) is 6. The molecule has 1 aliphatic rings. The van der Waals surface area contributed by atoms with Crippen LogP contribution in [0.15, 0.2) is 0 Å². The lowest BCUT2D eigenvalue weighted by atomic mass is 10.1. The number of ether oxygens (including phenoxy) is 1. The lowest BCUT2D eigenvalue weighted by Gasteiger charge is -2.21. The highest BCUT2D eigenvalue weighted by Gasteiger charge is 2.30. The lowest BCUT2D eigenvalue weighted by Crippen LogP contribution is -2.54. The van der Waals surface area contributed by atoms with Crippen LogP contribution in [0.4, 0.5) is 0 Å². The van der Waals surface area contributed by atoms with Crippen molar-refractivity contribution in [1.29, 1.82) is 0 Å². The summed E-state index contributed by atoms with van der Waals surface area (Å²) < 4.78 is 4.91. The maximum atomic E-state index is 12.2. The van der Waals surface area contributed by atoms with Gasteiger partial charge in [-0.3, -0.25) is 14.4 Å². The number of carboxylic acid groups (broad SMARTS) is 1. The van der Waals surface area contributed by atoms with Gasteiger partial charge in [0.1, 0.15) is 12.1 Å². The van der Waals surface area contributed by atoms with E-state index < -0.39 is 48.3 Å². The quantitative estimate of drug-likeness (QED) is 0.401. The molecule has 0 radical (unpaired) electrons. The van der Waals surface area contributed by atoms with E-state index >= 15 is 0 Å². The molecule has 1 fully saturated rings. The first-order valence-corrected chi connectivity index (χ1v) is 8.07. The first-order valence-electron chi connectivity index (χ1n) is 8.07. The van der Waals surface area contributed by atoms with Crippen LogP contribution in [0.5, 0.6) is 0 Å². The fraction of sp³-hybridized carbons (Fsp3) is 0.733. The van der Waals surface area contributed by atoms with Crippen LogP contribution in [0.3, 0.4) is 0 Å². The van der Waals surface area contributed by atoms with Gasteiger partial charge in [-0.1, -0.05) is 6.92 Å². The Morgan fingerprint density at radius 2 is 2.00 bits per heavy atom. The summed E-state index contributed by atoms with van der Waals surface area (Å²) in [5.41, 5.74) is 0. The van der Waals surface area contributed by atoms with Gasteiger partial charge in [-0.25, -0.2) is 4.79 Å². The van der Waals surface area contributed by atoms with Crippen LogP contribution in [0.2, 0.25) is 0 Å². The van der Waals surface area contributed by atoms with Gasteiger partial charge >= 0.3 is 11.9 Å². The Labute approximate surface area is 140 Å². The molecule has 136 valence electrons. The summed E-state index contributed by atoms with van der Waals surface area (Å²) in [6.45, 7) is 4.22. The first-order chi connectivity index (χ1) is 11.3. The van der Waals surface area contributed by atoms with Crippen molar-refractivity contribution in [3.05, 3.63) is 0 Å². The minimum Gasteiger partial charge on any atom is -0.481 e. The molecule has 0 spiro atoms. The fourth-order valence-corrected chi connectivity index (χ4v) is 2.27. The maximum Gasteiger partial charge on any atom is 0.328 e. The summed E-state index contributed by atoms with van der Waals surface area (Å²) in [5.74, 6) is -2.99. The van der Waals surface area contributed by atoms with Gasteiger partial charge in [0.05, 0.1) is 19.1 Å². The van der Waals surface area contributed by atoms with Crippen LogP contribution >= 0.6 is 0 Å². The molecule has 2 amide bonds. The van der Waals surface area contributed by atoms with Gasteiger partial charge in [-0.15, -0.1) is 0 Å². The second-order valence-corrected chi connectivity index (χ2v) is 5.71. The average Bonchev–Trinajstić information content (AvgIpc) is 3.05. The van der Waals surface area contributed by atoms with E-state index in [1.807, 2.05) is 6.92 Å². The van der Waals surface area contributed by atoms with Crippen molar-refractivity contribution in [1.82, 2.24) is 16.0 Å². The molecule has 1 saturated heterocycles. The highest BCUT2D eigenvalue weighted by atomic mass is 16.5. The minimum absolute atomic E-state index is 0.238. The number of carbonyl (C=O) groups is 4. The molecule has 0 aromatic heterocycles. The van der Waals surface area contributed by atoms with Crippen LogP contribution in [0.1, 0.15) is 39.5 Å². The van der Waals surface area contributed by atoms with Crippen molar-refractivity contribution in [3.8, 4) is 0 Å². The van der Waals surface area contributed by atoms with Crippen molar-refractivity contribution in [2.75, 3.05) is 13.2 Å². The largest absolute Gasteiger partial charge is 0.481 e. The van der Waals surface area contributed by atoms with Crippen molar-refractivity contribution in [2.24, 2.45) is 0 Å². The van der Waals surface area contributed by atoms with Crippen molar-refractivity contribution < 1.29 is 29.0 Å². The molecule has 0 unspecified atom stereocenters. The second kappa shape index (κ2) is 9.86. The summed E-state index contributed by atoms with van der Waals surface area (Å²) in [6, 6.07) is -2.61. The molecule has 9 nitrogen and oxygen atoms in total. The zero-order chi connectivity index (χ0) is 18.1. The smallest absolute Gasteiger partial charge is 0.328 e. The summed E-state index contributed by atoms with van der Waals surface area (Å²) in [4.78, 5) is 46.9. The molecule has 0 aliphatic carbocycles. The molecule has 1 aliphatic heterocycles. The molecule has 9 heteroatoms. The molecule has 0 saturated carbocycles. The Bertz CT molecular complexity index is 476. The molecular formula is C15H25N3O6. The Kier molecular flexibility index (Phi) is 8.17. The Morgan fingerprint density at radius 3 is 2.54 bits per heavy atom. The van der Waals surface area contributed by atoms with Gasteiger partial charge in [-0.2, -0.15) is 0 Å². The fourth-order valence-electron chi connectivity index (χ4n) is 2.27. The van der Waals surface area contributed by atoms with Crippen LogP contribution in [0, 0.1) is 0 Å². The summed E-state index contributed by atoms with van der Waals surface area (Å²) in [6.07, 6.45) is 1.56. The van der Waals surface area contributed by atoms with E-state index in [2.05, 4.69) is 16.0 Å². The van der Waals surface area contributed by atoms with Crippen LogP contribution in [-0.2, 0) is 23.9 Å². The van der Waals surface area contributed by atoms with Crippen molar-refractivity contribution in [2.45, 2.75) is 57.7 Å². The molecule has 1 heterocycles. The van der Waals surface area contributed by atoms with E-state index in [-0.39, 0.29) is 6.61 Å². The molecule has 3 atom stereocenters. The average molecular weight is 343 g/mol. The third-order valence-electron chi connectivity index (χ3n) is 3.55. The first kappa shape index (κ1) is 19.9. The third kappa shape index (κ3) is 6.53. The van der Waals surface area contributed by atoms with Crippen LogP contribution in [0.25, 0.3) is 0 Å². The number of nitrogens with one attached hydrogen (secondary N) is 3. The van der Waals surface area contributed by atoms with Gasteiger partial charge in [0.15, 0.2) is 0 Å². The van der Waals surface area contributed by atoms with E-state index in [4.69, 9.17) is 9.84 Å². The Balaban J connectivity index is 2.61. The number of amides is 2. The summed E-state index contributed by atoms with van der Waals surface area (Å²) in [7, 11) is 0. The second-order valence-electron chi connectivity index (χ2n) is 5.71. The normalized spacial score (nSPS) is 19.2. The number of carboxylic acids is 1. The Hall–Kier alpha value is -2.16. The highest BCUT2D eigenvalue weighted by molar-refractivity contribution is 5.94. The summed E-state index contributed by atoms with van der Waals surface area (Å²) >= 11 is 0. The van der Waals surface area contributed by atoms with Gasteiger partial charge in [-0.05, 0) is 32.7 Å². The maximum absolute atomic E-state index is 12.2. The standard InChI is InChI=1S/C15H25N3O6/c1-3-7-24-15(23)9(2)17-14(22)11(8-12(19)20)18-13(21)10-5-4-6-16-10/h9-11,16H,3-8H2,1-2H3,(H,17,22)(H,18,21)(H,19,20)/t9-,10-,11-/m1/s1. The molecule has 0 aromatic carbocycles. The van der Waals surface area contributed by atoms with Gasteiger partial charge in [0.25, 0.3) is 0 Å². The third-order valence-corrected chi connectivity index (χ3v) is 3.55. The SMILES string of the molecule is CCCOC(=O)[C@@H](C)NC(=O)[C@@H](CC(=O)O)NC(=O)[C@H]1CCCN1. The topological polar surface area (TPSA) is 134 Å². The van der Waals surface area contributed by atoms with Crippen LogP contribution < -0.4 is 16.0 Å². The van der Waals surface area contributed by atoms with Crippen molar-refractivity contribution >= 4 is 23.8 Å². The summed E-state index contributed by atoms with van der Waals surface area (Å²) in [5, 5.41) is 16.7. The molecule has 0 bridgehead atoms. The van der Waals surface area contributed by atoms with Gasteiger partial charge < -0.3 is 25.8 Å². The predicted molar refractivity (Wildman–Crippen MR) is 84.1 cm³/mol. The van der Waals surface area contributed by atoms with Gasteiger partial charge in [0.2, 0.25) is 11.8 Å². The highest BCUT2D eigenvalue weighted by Crippen LogP contribution is 2.06. The number of rotatable bonds is 9. The van der Waals surface area contributed by atoms with E-state index in [1.165, 1.54) is 6.92 Å². The van der Waals surface area contributed by atoms with Gasteiger partial charge in [0, 0.05) is 0 Å². The molecule has 24 heavy (non-hydrogen) atoms. The number of carbonyl (C=O) groups excluding carboxylic acids is 3. The van der Waals surface area contributed by atoms with Crippen molar-refractivity contribution in [3.63, 3.8) is 0 Å². The molecule has 1 rings (SSSR count). The number of aliphatic carboxylic acids is 1. The van der Waals surface area contributed by atoms with E-state index in [0.717, 1.165) is 6.42 Å². The predicted octanol–water partition coefficient (Wildman–Crippen LogP) is -0.844.